The monoisotopic (exact) mass is 295 g/mol. The molecule has 2 heterocycles. The lowest BCUT2D eigenvalue weighted by Gasteiger charge is -2.14. The van der Waals surface area contributed by atoms with Crippen molar-refractivity contribution in [3.05, 3.63) is 44.3 Å². The van der Waals surface area contributed by atoms with Crippen LogP contribution < -0.4 is 5.32 Å². The lowest BCUT2D eigenvalue weighted by Crippen LogP contribution is -2.18. The Morgan fingerprint density at radius 1 is 1.37 bits per heavy atom. The topological polar surface area (TPSA) is 49.3 Å². The Labute approximate surface area is 120 Å². The third-order valence-electron chi connectivity index (χ3n) is 2.86. The van der Waals surface area contributed by atoms with E-state index in [2.05, 4.69) is 29.8 Å². The predicted molar refractivity (Wildman–Crippen MR) is 79.8 cm³/mol. The minimum atomic E-state index is -0.772. The minimum Gasteiger partial charge on any atom is -0.481 e. The molecule has 0 bridgehead atoms. The van der Waals surface area contributed by atoms with Crippen molar-refractivity contribution in [1.29, 1.82) is 0 Å². The molecule has 2 N–H and O–H groups in total. The second kappa shape index (κ2) is 6.84. The number of hydrogen-bond donors (Lipinski definition) is 2. The van der Waals surface area contributed by atoms with Gasteiger partial charge in [0.05, 0.1) is 6.42 Å². The highest BCUT2D eigenvalue weighted by Crippen LogP contribution is 2.23. The van der Waals surface area contributed by atoms with Crippen molar-refractivity contribution >= 4 is 28.6 Å². The number of carboxylic acid groups (broad SMARTS) is 1. The summed E-state index contributed by atoms with van der Waals surface area (Å²) in [5.74, 6) is -0.772. The minimum absolute atomic E-state index is 0.118. The van der Waals surface area contributed by atoms with Crippen LogP contribution in [0.25, 0.3) is 0 Å². The van der Waals surface area contributed by atoms with Crippen molar-refractivity contribution < 1.29 is 9.90 Å². The van der Waals surface area contributed by atoms with Crippen LogP contribution in [0, 0.1) is 0 Å². The molecule has 1 atom stereocenters. The molecular formula is C14H17NO2S2. The predicted octanol–water partition coefficient (Wildman–Crippen LogP) is 3.68. The molecule has 0 aromatic carbocycles. The number of rotatable bonds is 7. The van der Waals surface area contributed by atoms with E-state index in [0.29, 0.717) is 6.04 Å². The summed E-state index contributed by atoms with van der Waals surface area (Å²) in [5, 5.41) is 14.4. The Morgan fingerprint density at radius 3 is 2.79 bits per heavy atom. The molecule has 2 aromatic heterocycles. The SMILES string of the molecule is CCC(NCc1ccc(CC(=O)O)s1)c1cccs1. The second-order valence-corrected chi connectivity index (χ2v) is 6.53. The molecule has 5 heteroatoms. The summed E-state index contributed by atoms with van der Waals surface area (Å²) in [5.41, 5.74) is 0. The summed E-state index contributed by atoms with van der Waals surface area (Å²) < 4.78 is 0. The summed E-state index contributed by atoms with van der Waals surface area (Å²) in [6.45, 7) is 2.96. The number of carbonyl (C=O) groups is 1. The quantitative estimate of drug-likeness (QED) is 0.819. The number of aliphatic carboxylic acids is 1. The maximum absolute atomic E-state index is 10.6. The van der Waals surface area contributed by atoms with E-state index in [9.17, 15) is 4.79 Å². The first kappa shape index (κ1) is 14.2. The maximum Gasteiger partial charge on any atom is 0.308 e. The van der Waals surface area contributed by atoms with Gasteiger partial charge in [0.25, 0.3) is 0 Å². The molecule has 0 radical (unpaired) electrons. The Morgan fingerprint density at radius 2 is 2.16 bits per heavy atom. The standard InChI is InChI=1S/C14H17NO2S2/c1-2-12(13-4-3-7-18-13)15-9-11-6-5-10(19-11)8-14(16)17/h3-7,12,15H,2,8-9H2,1H3,(H,16,17). The number of carboxylic acids is 1. The highest BCUT2D eigenvalue weighted by Gasteiger charge is 2.10. The van der Waals surface area contributed by atoms with E-state index in [1.807, 2.05) is 12.1 Å². The Balaban J connectivity index is 1.90. The third-order valence-corrected chi connectivity index (χ3v) is 4.93. The van der Waals surface area contributed by atoms with Gasteiger partial charge in [-0.3, -0.25) is 4.79 Å². The highest BCUT2D eigenvalue weighted by molar-refractivity contribution is 7.12. The van der Waals surface area contributed by atoms with Gasteiger partial charge in [-0.05, 0) is 30.0 Å². The summed E-state index contributed by atoms with van der Waals surface area (Å²) >= 11 is 3.34. The molecule has 2 aromatic rings. The average molecular weight is 295 g/mol. The molecule has 0 aliphatic carbocycles. The van der Waals surface area contributed by atoms with E-state index in [1.165, 1.54) is 9.75 Å². The first-order valence-corrected chi connectivity index (χ1v) is 7.94. The summed E-state index contributed by atoms with van der Waals surface area (Å²) in [7, 11) is 0. The molecule has 0 spiro atoms. The van der Waals surface area contributed by atoms with Crippen molar-refractivity contribution in [2.75, 3.05) is 0 Å². The smallest absolute Gasteiger partial charge is 0.308 e. The Kier molecular flexibility index (Phi) is 5.13. The molecule has 0 saturated carbocycles. The summed E-state index contributed by atoms with van der Waals surface area (Å²) in [6.07, 6.45) is 1.17. The van der Waals surface area contributed by atoms with Crippen LogP contribution in [-0.4, -0.2) is 11.1 Å². The first-order chi connectivity index (χ1) is 9.19. The van der Waals surface area contributed by atoms with Crippen molar-refractivity contribution in [2.24, 2.45) is 0 Å². The fourth-order valence-corrected chi connectivity index (χ4v) is 3.77. The fourth-order valence-electron chi connectivity index (χ4n) is 1.92. The van der Waals surface area contributed by atoms with Crippen molar-refractivity contribution in [2.45, 2.75) is 32.4 Å². The average Bonchev–Trinajstić information content (AvgIpc) is 3.01. The van der Waals surface area contributed by atoms with Gasteiger partial charge in [0.2, 0.25) is 0 Å². The van der Waals surface area contributed by atoms with Crippen LogP contribution in [0.2, 0.25) is 0 Å². The van der Waals surface area contributed by atoms with Crippen LogP contribution >= 0.6 is 22.7 Å². The van der Waals surface area contributed by atoms with Crippen LogP contribution in [0.3, 0.4) is 0 Å². The largest absolute Gasteiger partial charge is 0.481 e. The second-order valence-electron chi connectivity index (χ2n) is 4.30. The van der Waals surface area contributed by atoms with E-state index >= 15 is 0 Å². The van der Waals surface area contributed by atoms with Crippen LogP contribution in [0.5, 0.6) is 0 Å². The molecule has 0 aliphatic rings. The van der Waals surface area contributed by atoms with Gasteiger partial charge in [-0.25, -0.2) is 0 Å². The molecule has 0 aliphatic heterocycles. The number of hydrogen-bond acceptors (Lipinski definition) is 4. The van der Waals surface area contributed by atoms with Gasteiger partial charge in [-0.2, -0.15) is 0 Å². The maximum atomic E-state index is 10.6. The summed E-state index contributed by atoms with van der Waals surface area (Å²) in [4.78, 5) is 14.1. The van der Waals surface area contributed by atoms with Gasteiger partial charge >= 0.3 is 5.97 Å². The van der Waals surface area contributed by atoms with Gasteiger partial charge in [-0.15, -0.1) is 22.7 Å². The first-order valence-electron chi connectivity index (χ1n) is 6.25. The van der Waals surface area contributed by atoms with Gasteiger partial charge in [-0.1, -0.05) is 13.0 Å². The molecule has 19 heavy (non-hydrogen) atoms. The normalized spacial score (nSPS) is 12.5. The number of thiophene rings is 2. The molecule has 0 fully saturated rings. The zero-order valence-electron chi connectivity index (χ0n) is 10.8. The van der Waals surface area contributed by atoms with E-state index in [-0.39, 0.29) is 6.42 Å². The Hall–Kier alpha value is -1.17. The third kappa shape index (κ3) is 4.16. The van der Waals surface area contributed by atoms with E-state index in [0.717, 1.165) is 17.8 Å². The Bertz CT molecular complexity index is 519. The molecule has 1 unspecified atom stereocenters. The molecule has 0 amide bonds. The lowest BCUT2D eigenvalue weighted by molar-refractivity contribution is -0.136. The van der Waals surface area contributed by atoms with Crippen molar-refractivity contribution in [3.63, 3.8) is 0 Å². The van der Waals surface area contributed by atoms with Crippen LogP contribution in [0.1, 0.15) is 34.0 Å². The van der Waals surface area contributed by atoms with Crippen LogP contribution in [0.15, 0.2) is 29.6 Å². The zero-order chi connectivity index (χ0) is 13.7. The lowest BCUT2D eigenvalue weighted by atomic mass is 10.2. The van der Waals surface area contributed by atoms with E-state index < -0.39 is 5.97 Å². The van der Waals surface area contributed by atoms with Crippen LogP contribution in [-0.2, 0) is 17.8 Å². The van der Waals surface area contributed by atoms with E-state index in [1.54, 1.807) is 22.7 Å². The van der Waals surface area contributed by atoms with Crippen LogP contribution in [0.4, 0.5) is 0 Å². The van der Waals surface area contributed by atoms with Gasteiger partial charge in [0, 0.05) is 27.2 Å². The van der Waals surface area contributed by atoms with Gasteiger partial charge < -0.3 is 10.4 Å². The molecule has 102 valence electrons. The van der Waals surface area contributed by atoms with Gasteiger partial charge in [0.15, 0.2) is 0 Å². The molecular weight excluding hydrogens is 278 g/mol. The molecule has 3 nitrogen and oxygen atoms in total. The fraction of sp³-hybridized carbons (Fsp3) is 0.357. The molecule has 2 rings (SSSR count). The van der Waals surface area contributed by atoms with Crippen molar-refractivity contribution in [3.8, 4) is 0 Å². The summed E-state index contributed by atoms with van der Waals surface area (Å²) in [6, 6.07) is 8.51. The van der Waals surface area contributed by atoms with Crippen molar-refractivity contribution in [1.82, 2.24) is 5.32 Å². The number of nitrogens with one attached hydrogen (secondary N) is 1. The molecule has 0 saturated heterocycles. The highest BCUT2D eigenvalue weighted by atomic mass is 32.1. The van der Waals surface area contributed by atoms with Gasteiger partial charge in [0.1, 0.15) is 0 Å². The zero-order valence-corrected chi connectivity index (χ0v) is 12.4. The van der Waals surface area contributed by atoms with E-state index in [4.69, 9.17) is 5.11 Å².